The molecule has 1 saturated heterocycles. The summed E-state index contributed by atoms with van der Waals surface area (Å²) in [5.41, 5.74) is -0.993. The van der Waals surface area contributed by atoms with Crippen LogP contribution >= 0.6 is 0 Å². The highest BCUT2D eigenvalue weighted by molar-refractivity contribution is 6.46. The van der Waals surface area contributed by atoms with Crippen LogP contribution in [-0.2, 0) is 22.3 Å². The molecule has 1 fully saturated rings. The minimum atomic E-state index is -4.58. The Morgan fingerprint density at radius 1 is 1.03 bits per heavy atom. The van der Waals surface area contributed by atoms with Crippen molar-refractivity contribution in [3.63, 3.8) is 0 Å². The van der Waals surface area contributed by atoms with Crippen molar-refractivity contribution in [2.45, 2.75) is 25.7 Å². The molecule has 1 aliphatic rings. The van der Waals surface area contributed by atoms with E-state index in [1.54, 1.807) is 31.2 Å². The van der Waals surface area contributed by atoms with Crippen molar-refractivity contribution in [1.82, 2.24) is 4.90 Å². The highest BCUT2D eigenvalue weighted by Crippen LogP contribution is 2.44. The summed E-state index contributed by atoms with van der Waals surface area (Å²) in [6, 6.07) is 11.1. The molecule has 2 heterocycles. The number of carbonyl (C=O) groups is 2. The van der Waals surface area contributed by atoms with Crippen LogP contribution in [0.4, 0.5) is 13.2 Å². The van der Waals surface area contributed by atoms with Crippen molar-refractivity contribution in [2.24, 2.45) is 0 Å². The van der Waals surface area contributed by atoms with E-state index in [-0.39, 0.29) is 40.5 Å². The molecule has 0 aliphatic carbocycles. The number of ketones is 1. The van der Waals surface area contributed by atoms with Gasteiger partial charge in [0.15, 0.2) is 0 Å². The molecule has 0 radical (unpaired) electrons. The molecule has 1 aromatic heterocycles. The molecule has 2 aromatic carbocycles. The van der Waals surface area contributed by atoms with Gasteiger partial charge in [0, 0.05) is 6.54 Å². The first-order valence-electron chi connectivity index (χ1n) is 10.8. The fourth-order valence-corrected chi connectivity index (χ4v) is 4.20. The van der Waals surface area contributed by atoms with Gasteiger partial charge in [0.2, 0.25) is 0 Å². The quantitative estimate of drug-likeness (QED) is 0.282. The molecule has 1 aliphatic heterocycles. The van der Waals surface area contributed by atoms with Crippen LogP contribution in [0, 0.1) is 6.92 Å². The van der Waals surface area contributed by atoms with Crippen molar-refractivity contribution >= 4 is 17.4 Å². The number of aliphatic hydroxyl groups is 1. The number of Topliss-reactive ketones (excluding diaryl/α,β-unsaturated/α-hetero) is 1. The lowest BCUT2D eigenvalue weighted by Crippen LogP contribution is -2.29. The largest absolute Gasteiger partial charge is 0.506 e. The zero-order valence-electron chi connectivity index (χ0n) is 19.6. The van der Waals surface area contributed by atoms with Gasteiger partial charge in [-0.2, -0.15) is 13.2 Å². The number of ether oxygens (including phenoxy) is 2. The number of halogens is 3. The van der Waals surface area contributed by atoms with Crippen LogP contribution < -0.4 is 9.47 Å². The Bertz CT molecular complexity index is 1340. The van der Waals surface area contributed by atoms with Gasteiger partial charge in [-0.25, -0.2) is 0 Å². The van der Waals surface area contributed by atoms with Gasteiger partial charge >= 0.3 is 6.18 Å². The average molecular weight is 501 g/mol. The molecule has 188 valence electrons. The molecule has 1 amide bonds. The minimum Gasteiger partial charge on any atom is -0.506 e. The van der Waals surface area contributed by atoms with Crippen LogP contribution in [0.1, 0.15) is 34.3 Å². The SMILES string of the molecule is COc1cccc(OC)c1/C(O)=C1\C(=O)C(=O)N(Cc2cccc(C(F)(F)F)c2)C1c1ccc(C)o1. The monoisotopic (exact) mass is 501 g/mol. The molecular formula is C26H22F3NO6. The van der Waals surface area contributed by atoms with Crippen molar-refractivity contribution in [1.29, 1.82) is 0 Å². The Labute approximate surface area is 204 Å². The molecule has 3 aromatic rings. The van der Waals surface area contributed by atoms with Crippen molar-refractivity contribution in [3.8, 4) is 11.5 Å². The van der Waals surface area contributed by atoms with E-state index >= 15 is 0 Å². The van der Waals surface area contributed by atoms with Gasteiger partial charge in [-0.3, -0.25) is 9.59 Å². The van der Waals surface area contributed by atoms with E-state index in [1.807, 2.05) is 0 Å². The third-order valence-electron chi connectivity index (χ3n) is 5.84. The molecular weight excluding hydrogens is 479 g/mol. The minimum absolute atomic E-state index is 0.0489. The molecule has 0 spiro atoms. The first-order chi connectivity index (χ1) is 17.1. The van der Waals surface area contributed by atoms with Gasteiger partial charge < -0.3 is 23.9 Å². The van der Waals surface area contributed by atoms with E-state index in [0.29, 0.717) is 5.76 Å². The van der Waals surface area contributed by atoms with Gasteiger partial charge in [-0.1, -0.05) is 18.2 Å². The second-order valence-corrected chi connectivity index (χ2v) is 8.11. The van der Waals surface area contributed by atoms with Crippen molar-refractivity contribution < 1.29 is 41.8 Å². The summed E-state index contributed by atoms with van der Waals surface area (Å²) in [5.74, 6) is -1.57. The molecule has 0 bridgehead atoms. The highest BCUT2D eigenvalue weighted by atomic mass is 19.4. The standard InChI is InChI=1S/C26H22F3NO6/c1-14-10-11-19(36-14)22-21(23(31)20-17(34-2)8-5-9-18(20)35-3)24(32)25(33)30(22)13-15-6-4-7-16(12-15)26(27,28)29/h4-12,22,31H,13H2,1-3H3/b23-21+. The number of methoxy groups -OCH3 is 2. The first kappa shape index (κ1) is 24.9. The lowest BCUT2D eigenvalue weighted by atomic mass is 9.98. The molecule has 10 heteroatoms. The number of aliphatic hydroxyl groups excluding tert-OH is 1. The molecule has 4 rings (SSSR count). The molecule has 36 heavy (non-hydrogen) atoms. The van der Waals surface area contributed by atoms with Gasteiger partial charge in [0.25, 0.3) is 11.7 Å². The Morgan fingerprint density at radius 2 is 1.67 bits per heavy atom. The number of hydrogen-bond donors (Lipinski definition) is 1. The van der Waals surface area contributed by atoms with E-state index in [0.717, 1.165) is 17.0 Å². The average Bonchev–Trinajstić information content (AvgIpc) is 3.38. The number of nitrogens with zero attached hydrogens (tertiary/aromatic N) is 1. The number of carbonyl (C=O) groups excluding carboxylic acids is 2. The third kappa shape index (κ3) is 4.41. The second-order valence-electron chi connectivity index (χ2n) is 8.11. The van der Waals surface area contributed by atoms with E-state index in [2.05, 4.69) is 0 Å². The summed E-state index contributed by atoms with van der Waals surface area (Å²) < 4.78 is 56.1. The van der Waals surface area contributed by atoms with E-state index in [1.165, 1.54) is 32.4 Å². The summed E-state index contributed by atoms with van der Waals surface area (Å²) in [7, 11) is 2.73. The Kier molecular flexibility index (Phi) is 6.53. The van der Waals surface area contributed by atoms with E-state index < -0.39 is 35.2 Å². The number of furan rings is 1. The molecule has 0 saturated carbocycles. The number of hydrogen-bond acceptors (Lipinski definition) is 6. The molecule has 1 unspecified atom stereocenters. The number of amides is 1. The number of alkyl halides is 3. The summed E-state index contributed by atoms with van der Waals surface area (Å²) in [6.07, 6.45) is -4.58. The smallest absolute Gasteiger partial charge is 0.416 e. The van der Waals surface area contributed by atoms with E-state index in [9.17, 15) is 27.9 Å². The summed E-state index contributed by atoms with van der Waals surface area (Å²) in [6.45, 7) is 1.32. The topological polar surface area (TPSA) is 89.2 Å². The molecule has 1 atom stereocenters. The number of rotatable bonds is 6. The van der Waals surface area contributed by atoms with Crippen LogP contribution in [-0.4, -0.2) is 35.9 Å². The van der Waals surface area contributed by atoms with Crippen LogP contribution in [0.5, 0.6) is 11.5 Å². The number of benzene rings is 2. The van der Waals surface area contributed by atoms with Crippen LogP contribution in [0.2, 0.25) is 0 Å². The maximum Gasteiger partial charge on any atom is 0.416 e. The first-order valence-corrected chi connectivity index (χ1v) is 10.8. The van der Waals surface area contributed by atoms with Gasteiger partial charge in [-0.05, 0) is 48.9 Å². The zero-order valence-corrected chi connectivity index (χ0v) is 19.6. The Hall–Kier alpha value is -4.21. The molecule has 1 N–H and O–H groups in total. The zero-order chi connectivity index (χ0) is 26.2. The summed E-state index contributed by atoms with van der Waals surface area (Å²) in [5, 5.41) is 11.3. The van der Waals surface area contributed by atoms with Gasteiger partial charge in [-0.15, -0.1) is 0 Å². The van der Waals surface area contributed by atoms with Gasteiger partial charge in [0.1, 0.15) is 40.4 Å². The Balaban J connectivity index is 1.89. The second kappa shape index (κ2) is 9.44. The Morgan fingerprint density at radius 3 is 2.22 bits per heavy atom. The fraction of sp³-hybridized carbons (Fsp3) is 0.231. The van der Waals surface area contributed by atoms with Crippen LogP contribution in [0.25, 0.3) is 5.76 Å². The predicted octanol–water partition coefficient (Wildman–Crippen LogP) is 5.25. The normalized spacial score (nSPS) is 17.5. The van der Waals surface area contributed by atoms with Crippen molar-refractivity contribution in [2.75, 3.05) is 14.2 Å². The van der Waals surface area contributed by atoms with E-state index in [4.69, 9.17) is 13.9 Å². The van der Waals surface area contributed by atoms with Crippen LogP contribution in [0.15, 0.2) is 64.6 Å². The third-order valence-corrected chi connectivity index (χ3v) is 5.84. The van der Waals surface area contributed by atoms with Gasteiger partial charge in [0.05, 0.1) is 25.4 Å². The summed E-state index contributed by atoms with van der Waals surface area (Å²) in [4.78, 5) is 27.4. The van der Waals surface area contributed by atoms with Crippen LogP contribution in [0.3, 0.4) is 0 Å². The number of aryl methyl sites for hydroxylation is 1. The maximum absolute atomic E-state index is 13.2. The maximum atomic E-state index is 13.2. The number of likely N-dealkylation sites (tertiary alicyclic amines) is 1. The highest BCUT2D eigenvalue weighted by Gasteiger charge is 2.48. The lowest BCUT2D eigenvalue weighted by molar-refractivity contribution is -0.140. The summed E-state index contributed by atoms with van der Waals surface area (Å²) >= 11 is 0. The fourth-order valence-electron chi connectivity index (χ4n) is 4.20. The predicted molar refractivity (Wildman–Crippen MR) is 122 cm³/mol. The lowest BCUT2D eigenvalue weighted by Gasteiger charge is -2.24. The molecule has 7 nitrogen and oxygen atoms in total. The van der Waals surface area contributed by atoms with Crippen molar-refractivity contribution in [3.05, 3.63) is 88.4 Å².